The Bertz CT molecular complexity index is 3510. The quantitative estimate of drug-likeness (QED) is 0.166. The minimum atomic E-state index is 1.16. The van der Waals surface area contributed by atoms with Gasteiger partial charge >= 0.3 is 0 Å². The van der Waals surface area contributed by atoms with Gasteiger partial charge in [0.25, 0.3) is 0 Å². The summed E-state index contributed by atoms with van der Waals surface area (Å²) < 4.78 is 7.51. The second kappa shape index (κ2) is 12.7. The van der Waals surface area contributed by atoms with Gasteiger partial charge in [0.2, 0.25) is 0 Å². The summed E-state index contributed by atoms with van der Waals surface area (Å²) >= 11 is 1.86. The van der Waals surface area contributed by atoms with Crippen LogP contribution >= 0.6 is 11.3 Å². The van der Waals surface area contributed by atoms with E-state index in [0.717, 1.165) is 5.69 Å². The van der Waals surface area contributed by atoms with Crippen molar-refractivity contribution in [3.63, 3.8) is 0 Å². The van der Waals surface area contributed by atoms with Crippen molar-refractivity contribution in [2.24, 2.45) is 0 Å². The predicted molar refractivity (Wildman–Crippen MR) is 244 cm³/mol. The molecule has 0 atom stereocenters. The molecule has 0 bridgehead atoms. The Morgan fingerprint density at radius 1 is 0.246 bits per heavy atom. The van der Waals surface area contributed by atoms with Gasteiger partial charge in [0.1, 0.15) is 0 Å². The molecular weight excluding hydrogens is 709 g/mol. The number of aromatic nitrogens is 2. The van der Waals surface area contributed by atoms with Gasteiger partial charge in [0.05, 0.1) is 22.1 Å². The Labute approximate surface area is 333 Å². The maximum absolute atomic E-state index is 2.47. The smallest absolute Gasteiger partial charge is 0.0547 e. The van der Waals surface area contributed by atoms with Gasteiger partial charge in [-0.15, -0.1) is 11.3 Å². The van der Waals surface area contributed by atoms with E-state index in [4.69, 9.17) is 0 Å². The van der Waals surface area contributed by atoms with E-state index in [1.807, 2.05) is 11.3 Å². The van der Waals surface area contributed by atoms with Crippen molar-refractivity contribution in [2.75, 3.05) is 0 Å². The second-order valence-electron chi connectivity index (χ2n) is 14.9. The van der Waals surface area contributed by atoms with E-state index < -0.39 is 0 Å². The van der Waals surface area contributed by atoms with E-state index in [1.54, 1.807) is 0 Å². The van der Waals surface area contributed by atoms with Gasteiger partial charge in [-0.05, 0) is 106 Å². The lowest BCUT2D eigenvalue weighted by atomic mass is 9.99. The summed E-state index contributed by atoms with van der Waals surface area (Å²) in [5.41, 5.74) is 14.4. The van der Waals surface area contributed by atoms with Crippen LogP contribution in [0.2, 0.25) is 0 Å². The van der Waals surface area contributed by atoms with Gasteiger partial charge < -0.3 is 9.13 Å². The average molecular weight is 743 g/mol. The third-order valence-electron chi connectivity index (χ3n) is 11.7. The molecule has 0 saturated carbocycles. The number of nitrogens with zero attached hydrogens (tertiary/aromatic N) is 2. The van der Waals surface area contributed by atoms with Crippen LogP contribution in [0, 0.1) is 0 Å². The lowest BCUT2D eigenvalue weighted by Gasteiger charge is -2.11. The molecule has 2 nitrogen and oxygen atoms in total. The van der Waals surface area contributed by atoms with Crippen LogP contribution in [0.25, 0.3) is 109 Å². The van der Waals surface area contributed by atoms with E-state index in [0.29, 0.717) is 0 Å². The average Bonchev–Trinajstić information content (AvgIpc) is 3.93. The number of fused-ring (bicyclic) bond motifs is 9. The van der Waals surface area contributed by atoms with Crippen molar-refractivity contribution >= 4 is 75.1 Å². The van der Waals surface area contributed by atoms with Gasteiger partial charge in [-0.2, -0.15) is 0 Å². The first kappa shape index (κ1) is 32.1. The highest BCUT2D eigenvalue weighted by Crippen LogP contribution is 2.41. The zero-order valence-corrected chi connectivity index (χ0v) is 31.7. The van der Waals surface area contributed by atoms with Crippen molar-refractivity contribution in [1.82, 2.24) is 9.13 Å². The van der Waals surface area contributed by atoms with Crippen LogP contribution in [0.1, 0.15) is 0 Å². The maximum atomic E-state index is 2.47. The highest BCUT2D eigenvalue weighted by Gasteiger charge is 2.18. The topological polar surface area (TPSA) is 9.86 Å². The number of hydrogen-bond acceptors (Lipinski definition) is 1. The van der Waals surface area contributed by atoms with Crippen LogP contribution in [-0.4, -0.2) is 9.13 Å². The minimum absolute atomic E-state index is 1.16. The molecule has 0 fully saturated rings. The van der Waals surface area contributed by atoms with Crippen LogP contribution in [0.4, 0.5) is 0 Å². The van der Waals surface area contributed by atoms with E-state index in [1.165, 1.54) is 103 Å². The monoisotopic (exact) mass is 742 g/mol. The van der Waals surface area contributed by atoms with Gasteiger partial charge in [0.15, 0.2) is 0 Å². The number of thiophene rings is 1. The Morgan fingerprint density at radius 2 is 0.754 bits per heavy atom. The summed E-state index contributed by atoms with van der Waals surface area (Å²) in [4.78, 5) is 0. The fraction of sp³-hybridized carbons (Fsp3) is 0. The van der Waals surface area contributed by atoms with E-state index in [-0.39, 0.29) is 0 Å². The number of hydrogen-bond donors (Lipinski definition) is 0. The first-order valence-corrected chi connectivity index (χ1v) is 20.3. The highest BCUT2D eigenvalue weighted by atomic mass is 32.1. The lowest BCUT2D eigenvalue weighted by Crippen LogP contribution is -1.94. The molecule has 3 heteroatoms. The SMILES string of the molecule is c1ccc(-c2cccc(-n3c4ccccc4c4cc(-c5ccc6c(c5)c5ccc(-c7ccccc7)cc5n6-c5ccc6sc7ccccc7c6c5)ccc43)c2)cc1. The molecule has 0 radical (unpaired) electrons. The van der Waals surface area contributed by atoms with Crippen LogP contribution in [0.3, 0.4) is 0 Å². The molecule has 9 aromatic carbocycles. The van der Waals surface area contributed by atoms with E-state index in [2.05, 4.69) is 215 Å². The standard InChI is InChI=1S/C54H34N2S/c1-3-12-35(13-4-1)37-16-11-17-41(30-37)55-49-20-9-7-18-43(49)46-31-38(23-27-50(46)55)39-24-28-51-47(32-39)44-26-22-40(36-14-5-2-6-15-36)33-52(44)56(51)42-25-29-54-48(34-42)45-19-8-10-21-53(45)57-54/h1-34H. The zero-order chi connectivity index (χ0) is 37.5. The minimum Gasteiger partial charge on any atom is -0.309 e. The van der Waals surface area contributed by atoms with Crippen LogP contribution in [0.5, 0.6) is 0 Å². The molecule has 12 rings (SSSR count). The normalized spacial score (nSPS) is 11.9. The van der Waals surface area contributed by atoms with Gasteiger partial charge in [-0.1, -0.05) is 133 Å². The van der Waals surface area contributed by atoms with Crippen LogP contribution in [-0.2, 0) is 0 Å². The van der Waals surface area contributed by atoms with Crippen LogP contribution < -0.4 is 0 Å². The van der Waals surface area contributed by atoms with Crippen molar-refractivity contribution in [2.45, 2.75) is 0 Å². The van der Waals surface area contributed by atoms with Crippen LogP contribution in [0.15, 0.2) is 206 Å². The lowest BCUT2D eigenvalue weighted by molar-refractivity contribution is 1.18. The summed E-state index contributed by atoms with van der Waals surface area (Å²) in [5.74, 6) is 0. The summed E-state index contributed by atoms with van der Waals surface area (Å²) in [6, 6.07) is 75.7. The van der Waals surface area contributed by atoms with Crippen molar-refractivity contribution in [1.29, 1.82) is 0 Å². The summed E-state index contributed by atoms with van der Waals surface area (Å²) in [6.45, 7) is 0. The highest BCUT2D eigenvalue weighted by molar-refractivity contribution is 7.25. The van der Waals surface area contributed by atoms with E-state index in [9.17, 15) is 0 Å². The van der Waals surface area contributed by atoms with E-state index >= 15 is 0 Å². The predicted octanol–water partition coefficient (Wildman–Crippen LogP) is 15.2. The summed E-state index contributed by atoms with van der Waals surface area (Å²) in [5, 5.41) is 7.61. The molecule has 12 aromatic rings. The number of rotatable bonds is 5. The molecule has 0 saturated heterocycles. The summed E-state index contributed by atoms with van der Waals surface area (Å²) in [7, 11) is 0. The number of para-hydroxylation sites is 1. The van der Waals surface area contributed by atoms with Gasteiger partial charge in [0, 0.05) is 53.1 Å². The molecule has 0 N–H and O–H groups in total. The molecule has 3 heterocycles. The Kier molecular flexibility index (Phi) is 7.13. The Morgan fingerprint density at radius 3 is 1.49 bits per heavy atom. The van der Waals surface area contributed by atoms with Crippen molar-refractivity contribution in [3.8, 4) is 44.8 Å². The molecule has 57 heavy (non-hydrogen) atoms. The molecule has 0 aliphatic rings. The van der Waals surface area contributed by atoms with Crippen molar-refractivity contribution < 1.29 is 0 Å². The Balaban J connectivity index is 1.04. The van der Waals surface area contributed by atoms with Crippen molar-refractivity contribution in [3.05, 3.63) is 206 Å². The first-order chi connectivity index (χ1) is 28.2. The maximum Gasteiger partial charge on any atom is 0.0547 e. The molecule has 0 unspecified atom stereocenters. The first-order valence-electron chi connectivity index (χ1n) is 19.5. The molecule has 266 valence electrons. The molecule has 0 aliphatic carbocycles. The zero-order valence-electron chi connectivity index (χ0n) is 30.9. The van der Waals surface area contributed by atoms with Gasteiger partial charge in [-0.25, -0.2) is 0 Å². The third-order valence-corrected chi connectivity index (χ3v) is 12.9. The molecule has 0 amide bonds. The second-order valence-corrected chi connectivity index (χ2v) is 16.0. The Hall–Kier alpha value is -7.20. The summed E-state index contributed by atoms with van der Waals surface area (Å²) in [6.07, 6.45) is 0. The fourth-order valence-electron chi connectivity index (χ4n) is 9.03. The molecule has 0 aliphatic heterocycles. The molecule has 0 spiro atoms. The third kappa shape index (κ3) is 5.10. The fourth-order valence-corrected chi connectivity index (χ4v) is 10.1. The largest absolute Gasteiger partial charge is 0.309 e. The molecule has 3 aromatic heterocycles. The van der Waals surface area contributed by atoms with Gasteiger partial charge in [-0.3, -0.25) is 0 Å². The number of benzene rings is 9. The molecular formula is C54H34N2S.